The van der Waals surface area contributed by atoms with Crippen LogP contribution in [-0.2, 0) is 5.41 Å². The summed E-state index contributed by atoms with van der Waals surface area (Å²) < 4.78 is 14.7. The molecule has 0 bridgehead atoms. The first-order valence-corrected chi connectivity index (χ1v) is 8.79. The smallest absolute Gasteiger partial charge is 0.254 e. The van der Waals surface area contributed by atoms with E-state index >= 15 is 0 Å². The maximum atomic E-state index is 13.1. The minimum atomic E-state index is -0.249. The van der Waals surface area contributed by atoms with E-state index < -0.39 is 0 Å². The number of benzene rings is 2. The third kappa shape index (κ3) is 3.22. The molecule has 1 fully saturated rings. The molecule has 4 rings (SSSR count). The first kappa shape index (κ1) is 16.8. The van der Waals surface area contributed by atoms with Crippen molar-refractivity contribution in [2.75, 3.05) is 6.54 Å². The van der Waals surface area contributed by atoms with E-state index in [2.05, 4.69) is 10.4 Å². The molecule has 132 valence electrons. The standard InChI is InChI=1S/C20H17ClFN3O/c21-17-3-1-2-4-18(17)25-12-14(11-24-25)19(26)23-13-20(9-10-20)15-5-7-16(22)8-6-15/h1-8,11-12H,9-10,13H2,(H,23,26). The average Bonchev–Trinajstić information content (AvgIpc) is 3.28. The fourth-order valence-electron chi connectivity index (χ4n) is 3.08. The zero-order chi connectivity index (χ0) is 18.1. The van der Waals surface area contributed by atoms with E-state index in [9.17, 15) is 9.18 Å². The van der Waals surface area contributed by atoms with Crippen molar-refractivity contribution in [1.82, 2.24) is 15.1 Å². The summed E-state index contributed by atoms with van der Waals surface area (Å²) in [6, 6.07) is 13.8. The minimum Gasteiger partial charge on any atom is -0.351 e. The first-order valence-electron chi connectivity index (χ1n) is 8.41. The molecule has 6 heteroatoms. The predicted molar refractivity (Wildman–Crippen MR) is 98.2 cm³/mol. The van der Waals surface area contributed by atoms with Crippen molar-refractivity contribution in [2.24, 2.45) is 0 Å². The van der Waals surface area contributed by atoms with Crippen molar-refractivity contribution in [2.45, 2.75) is 18.3 Å². The number of nitrogens with one attached hydrogen (secondary N) is 1. The van der Waals surface area contributed by atoms with Crippen LogP contribution in [0.4, 0.5) is 4.39 Å². The highest BCUT2D eigenvalue weighted by atomic mass is 35.5. The molecular formula is C20H17ClFN3O. The van der Waals surface area contributed by atoms with Crippen LogP contribution in [-0.4, -0.2) is 22.2 Å². The number of hydrogen-bond acceptors (Lipinski definition) is 2. The van der Waals surface area contributed by atoms with E-state index in [4.69, 9.17) is 11.6 Å². The van der Waals surface area contributed by atoms with E-state index in [-0.39, 0.29) is 17.1 Å². The molecule has 1 saturated carbocycles. The molecule has 1 N–H and O–H groups in total. The van der Waals surface area contributed by atoms with Gasteiger partial charge in [0.15, 0.2) is 0 Å². The van der Waals surface area contributed by atoms with Gasteiger partial charge in [0.2, 0.25) is 0 Å². The van der Waals surface area contributed by atoms with Gasteiger partial charge in [-0.05, 0) is 42.7 Å². The Morgan fingerprint density at radius 1 is 1.19 bits per heavy atom. The summed E-state index contributed by atoms with van der Waals surface area (Å²) in [7, 11) is 0. The van der Waals surface area contributed by atoms with Crippen molar-refractivity contribution < 1.29 is 9.18 Å². The second-order valence-electron chi connectivity index (χ2n) is 6.59. The van der Waals surface area contributed by atoms with Gasteiger partial charge in [0.25, 0.3) is 5.91 Å². The third-order valence-corrected chi connectivity index (χ3v) is 5.16. The molecule has 1 aliphatic carbocycles. The number of carbonyl (C=O) groups is 1. The van der Waals surface area contributed by atoms with Crippen LogP contribution in [0.15, 0.2) is 60.9 Å². The predicted octanol–water partition coefficient (Wildman–Crippen LogP) is 4.13. The van der Waals surface area contributed by atoms with E-state index in [0.29, 0.717) is 17.1 Å². The second kappa shape index (κ2) is 6.57. The van der Waals surface area contributed by atoms with Crippen LogP contribution < -0.4 is 5.32 Å². The molecule has 0 atom stereocenters. The lowest BCUT2D eigenvalue weighted by atomic mass is 9.96. The molecule has 0 unspecified atom stereocenters. The fraction of sp³-hybridized carbons (Fsp3) is 0.200. The van der Waals surface area contributed by atoms with Crippen molar-refractivity contribution >= 4 is 17.5 Å². The van der Waals surface area contributed by atoms with Crippen LogP contribution in [0.25, 0.3) is 5.69 Å². The van der Waals surface area contributed by atoms with Crippen LogP contribution in [0, 0.1) is 5.82 Å². The Bertz CT molecular complexity index is 948. The quantitative estimate of drug-likeness (QED) is 0.735. The number of para-hydroxylation sites is 1. The minimum absolute atomic E-state index is 0.0813. The lowest BCUT2D eigenvalue weighted by Crippen LogP contribution is -2.32. The maximum Gasteiger partial charge on any atom is 0.254 e. The van der Waals surface area contributed by atoms with E-state index in [0.717, 1.165) is 24.1 Å². The zero-order valence-electron chi connectivity index (χ0n) is 14.0. The number of rotatable bonds is 5. The molecule has 0 aliphatic heterocycles. The highest BCUT2D eigenvalue weighted by Gasteiger charge is 2.44. The summed E-state index contributed by atoms with van der Waals surface area (Å²) in [5.41, 5.74) is 2.17. The molecule has 3 aromatic rings. The number of aromatic nitrogens is 2. The topological polar surface area (TPSA) is 46.9 Å². The molecule has 1 aliphatic rings. The monoisotopic (exact) mass is 369 g/mol. The van der Waals surface area contributed by atoms with Crippen molar-refractivity contribution in [3.05, 3.63) is 82.9 Å². The van der Waals surface area contributed by atoms with E-state index in [1.54, 1.807) is 29.1 Å². The highest BCUT2D eigenvalue weighted by Crippen LogP contribution is 2.47. The van der Waals surface area contributed by atoms with Crippen molar-refractivity contribution in [3.8, 4) is 5.69 Å². The Hall–Kier alpha value is -2.66. The summed E-state index contributed by atoms with van der Waals surface area (Å²) in [6.45, 7) is 0.523. The van der Waals surface area contributed by atoms with Crippen LogP contribution >= 0.6 is 11.6 Å². The highest BCUT2D eigenvalue weighted by molar-refractivity contribution is 6.32. The number of amides is 1. The molecule has 1 aromatic heterocycles. The van der Waals surface area contributed by atoms with Gasteiger partial charge >= 0.3 is 0 Å². The molecule has 0 radical (unpaired) electrons. The Labute approximate surface area is 155 Å². The lowest BCUT2D eigenvalue weighted by Gasteiger charge is -2.16. The fourth-order valence-corrected chi connectivity index (χ4v) is 3.31. The Balaban J connectivity index is 1.45. The molecular weight excluding hydrogens is 353 g/mol. The number of nitrogens with zero attached hydrogens (tertiary/aromatic N) is 2. The van der Waals surface area contributed by atoms with Gasteiger partial charge in [0, 0.05) is 18.2 Å². The van der Waals surface area contributed by atoms with Gasteiger partial charge in [-0.15, -0.1) is 0 Å². The van der Waals surface area contributed by atoms with Gasteiger partial charge in [0.1, 0.15) is 5.82 Å². The van der Waals surface area contributed by atoms with Crippen LogP contribution in [0.3, 0.4) is 0 Å². The Kier molecular flexibility index (Phi) is 4.24. The van der Waals surface area contributed by atoms with Crippen LogP contribution in [0.2, 0.25) is 5.02 Å². The largest absolute Gasteiger partial charge is 0.351 e. The number of hydrogen-bond donors (Lipinski definition) is 1. The number of carbonyl (C=O) groups excluding carboxylic acids is 1. The molecule has 1 heterocycles. The lowest BCUT2D eigenvalue weighted by molar-refractivity contribution is 0.0949. The SMILES string of the molecule is O=C(NCC1(c2ccc(F)cc2)CC1)c1cnn(-c2ccccc2Cl)c1. The van der Waals surface area contributed by atoms with E-state index in [1.807, 2.05) is 18.2 Å². The van der Waals surface area contributed by atoms with Gasteiger partial charge in [-0.2, -0.15) is 5.10 Å². The van der Waals surface area contributed by atoms with Gasteiger partial charge in [0.05, 0.1) is 22.5 Å². The Morgan fingerprint density at radius 3 is 2.62 bits per heavy atom. The van der Waals surface area contributed by atoms with Crippen molar-refractivity contribution in [1.29, 1.82) is 0 Å². The zero-order valence-corrected chi connectivity index (χ0v) is 14.7. The molecule has 26 heavy (non-hydrogen) atoms. The molecule has 4 nitrogen and oxygen atoms in total. The van der Waals surface area contributed by atoms with Gasteiger partial charge < -0.3 is 5.32 Å². The normalized spacial score (nSPS) is 14.8. The van der Waals surface area contributed by atoms with Gasteiger partial charge in [-0.3, -0.25) is 4.79 Å². The molecule has 2 aromatic carbocycles. The van der Waals surface area contributed by atoms with Crippen LogP contribution in [0.1, 0.15) is 28.8 Å². The first-order chi connectivity index (χ1) is 12.6. The summed E-state index contributed by atoms with van der Waals surface area (Å²) in [5, 5.41) is 7.77. The summed E-state index contributed by atoms with van der Waals surface area (Å²) in [6.07, 6.45) is 5.15. The second-order valence-corrected chi connectivity index (χ2v) is 7.00. The number of halogens is 2. The molecule has 1 amide bonds. The average molecular weight is 370 g/mol. The van der Waals surface area contributed by atoms with Gasteiger partial charge in [-0.1, -0.05) is 35.9 Å². The van der Waals surface area contributed by atoms with Gasteiger partial charge in [-0.25, -0.2) is 9.07 Å². The van der Waals surface area contributed by atoms with Crippen LogP contribution in [0.5, 0.6) is 0 Å². The molecule has 0 saturated heterocycles. The third-order valence-electron chi connectivity index (χ3n) is 4.84. The maximum absolute atomic E-state index is 13.1. The summed E-state index contributed by atoms with van der Waals surface area (Å²) >= 11 is 6.17. The molecule has 0 spiro atoms. The van der Waals surface area contributed by atoms with E-state index in [1.165, 1.54) is 18.3 Å². The summed E-state index contributed by atoms with van der Waals surface area (Å²) in [5.74, 6) is -0.433. The van der Waals surface area contributed by atoms with Crippen molar-refractivity contribution in [3.63, 3.8) is 0 Å². The summed E-state index contributed by atoms with van der Waals surface area (Å²) in [4.78, 5) is 12.5. The Morgan fingerprint density at radius 2 is 1.92 bits per heavy atom.